The lowest BCUT2D eigenvalue weighted by Crippen LogP contribution is -2.53. The van der Waals surface area contributed by atoms with Gasteiger partial charge in [0.2, 0.25) is 5.91 Å². The Morgan fingerprint density at radius 3 is 2.50 bits per heavy atom. The van der Waals surface area contributed by atoms with Crippen LogP contribution in [0.25, 0.3) is 0 Å². The monoisotopic (exact) mass is 391 g/mol. The molecule has 8 heteroatoms. The van der Waals surface area contributed by atoms with Crippen molar-refractivity contribution in [1.29, 1.82) is 0 Å². The van der Waals surface area contributed by atoms with Crippen LogP contribution >= 0.6 is 0 Å². The summed E-state index contributed by atoms with van der Waals surface area (Å²) < 4.78 is 13.0. The van der Waals surface area contributed by atoms with Crippen LogP contribution in [0.4, 0.5) is 14.9 Å². The van der Waals surface area contributed by atoms with Crippen LogP contribution in [0, 0.1) is 5.82 Å². The number of piperidine rings is 1. The highest BCUT2D eigenvalue weighted by Crippen LogP contribution is 2.16. The number of likely N-dealkylation sites (tertiary alicyclic amines) is 1. The molecule has 1 unspecified atom stereocenters. The normalized spacial score (nSPS) is 20.7. The van der Waals surface area contributed by atoms with Gasteiger partial charge in [-0.05, 0) is 37.1 Å². The van der Waals surface area contributed by atoms with E-state index >= 15 is 0 Å². The summed E-state index contributed by atoms with van der Waals surface area (Å²) in [6.07, 6.45) is 1.82. The quantitative estimate of drug-likeness (QED) is 0.793. The Morgan fingerprint density at radius 1 is 1.11 bits per heavy atom. The van der Waals surface area contributed by atoms with Crippen LogP contribution in [-0.4, -0.2) is 80.1 Å². The number of urea groups is 1. The van der Waals surface area contributed by atoms with E-state index in [9.17, 15) is 14.0 Å². The van der Waals surface area contributed by atoms with Crippen LogP contribution in [0.2, 0.25) is 0 Å². The largest absolute Gasteiger partial charge is 0.369 e. The molecule has 0 spiro atoms. The first-order chi connectivity index (χ1) is 13.5. The minimum absolute atomic E-state index is 0.0490. The van der Waals surface area contributed by atoms with Crippen molar-refractivity contribution in [2.75, 3.05) is 57.3 Å². The Balaban J connectivity index is 1.35. The smallest absolute Gasteiger partial charge is 0.317 e. The van der Waals surface area contributed by atoms with E-state index in [1.807, 2.05) is 12.1 Å². The molecule has 28 heavy (non-hydrogen) atoms. The van der Waals surface area contributed by atoms with Crippen LogP contribution in [0.1, 0.15) is 19.8 Å². The van der Waals surface area contributed by atoms with Gasteiger partial charge in [0, 0.05) is 71.0 Å². The first kappa shape index (κ1) is 20.4. The zero-order valence-electron chi connectivity index (χ0n) is 16.5. The summed E-state index contributed by atoms with van der Waals surface area (Å²) in [5.74, 6) is -0.262. The standard InChI is InChI=1S/C20H30FN5O2/c1-16(27)23-18-3-2-9-26(15-18)20(28)22-8-10-24-11-13-25(14-12-24)19-6-4-17(21)5-7-19/h4-7,18H,2-3,8-15H2,1H3,(H,22,28)(H,23,27). The zero-order valence-corrected chi connectivity index (χ0v) is 16.5. The van der Waals surface area contributed by atoms with Crippen molar-refractivity contribution >= 4 is 17.6 Å². The van der Waals surface area contributed by atoms with Crippen molar-refractivity contribution in [3.8, 4) is 0 Å². The summed E-state index contributed by atoms with van der Waals surface area (Å²) >= 11 is 0. The second kappa shape index (κ2) is 9.73. The van der Waals surface area contributed by atoms with Crippen molar-refractivity contribution in [2.24, 2.45) is 0 Å². The first-order valence-corrected chi connectivity index (χ1v) is 10.0. The molecule has 2 aliphatic rings. The third kappa shape index (κ3) is 5.82. The van der Waals surface area contributed by atoms with Gasteiger partial charge in [-0.25, -0.2) is 9.18 Å². The van der Waals surface area contributed by atoms with Crippen molar-refractivity contribution in [3.63, 3.8) is 0 Å². The molecule has 7 nitrogen and oxygen atoms in total. The Bertz CT molecular complexity index is 661. The minimum atomic E-state index is -0.213. The van der Waals surface area contributed by atoms with E-state index in [4.69, 9.17) is 0 Å². The van der Waals surface area contributed by atoms with Gasteiger partial charge in [0.15, 0.2) is 0 Å². The average Bonchev–Trinajstić information content (AvgIpc) is 2.69. The fourth-order valence-electron chi connectivity index (χ4n) is 3.88. The number of hydrogen-bond donors (Lipinski definition) is 2. The van der Waals surface area contributed by atoms with Gasteiger partial charge in [-0.15, -0.1) is 0 Å². The van der Waals surface area contributed by atoms with Crippen molar-refractivity contribution in [1.82, 2.24) is 20.4 Å². The van der Waals surface area contributed by atoms with Gasteiger partial charge in [-0.2, -0.15) is 0 Å². The maximum absolute atomic E-state index is 13.0. The molecular weight excluding hydrogens is 361 g/mol. The predicted octanol–water partition coefficient (Wildman–Crippen LogP) is 1.26. The highest BCUT2D eigenvalue weighted by atomic mass is 19.1. The van der Waals surface area contributed by atoms with Gasteiger partial charge in [-0.3, -0.25) is 9.69 Å². The highest BCUT2D eigenvalue weighted by molar-refractivity contribution is 5.75. The summed E-state index contributed by atoms with van der Waals surface area (Å²) in [6, 6.07) is 6.62. The average molecular weight is 391 g/mol. The number of piperazine rings is 1. The van der Waals surface area contributed by atoms with E-state index < -0.39 is 0 Å². The van der Waals surface area contributed by atoms with Crippen LogP contribution in [0.5, 0.6) is 0 Å². The summed E-state index contributed by atoms with van der Waals surface area (Å²) in [5, 5.41) is 5.90. The molecule has 0 radical (unpaired) electrons. The van der Waals surface area contributed by atoms with E-state index in [0.717, 1.165) is 57.8 Å². The molecule has 0 aromatic heterocycles. The third-order valence-corrected chi connectivity index (χ3v) is 5.38. The molecule has 1 atom stereocenters. The molecule has 0 saturated carbocycles. The van der Waals surface area contributed by atoms with Crippen LogP contribution in [-0.2, 0) is 4.79 Å². The molecular formula is C20H30FN5O2. The van der Waals surface area contributed by atoms with Gasteiger partial charge in [0.05, 0.1) is 0 Å². The second-order valence-corrected chi connectivity index (χ2v) is 7.52. The maximum Gasteiger partial charge on any atom is 0.317 e. The van der Waals surface area contributed by atoms with Crippen molar-refractivity contribution in [3.05, 3.63) is 30.1 Å². The summed E-state index contributed by atoms with van der Waals surface area (Å²) in [6.45, 7) is 7.86. The molecule has 0 aliphatic carbocycles. The second-order valence-electron chi connectivity index (χ2n) is 7.52. The number of halogens is 1. The number of hydrogen-bond acceptors (Lipinski definition) is 4. The van der Waals surface area contributed by atoms with Crippen LogP contribution < -0.4 is 15.5 Å². The molecule has 154 valence electrons. The Morgan fingerprint density at radius 2 is 1.82 bits per heavy atom. The van der Waals surface area contributed by atoms with Gasteiger partial charge >= 0.3 is 6.03 Å². The number of nitrogens with one attached hydrogen (secondary N) is 2. The lowest BCUT2D eigenvalue weighted by atomic mass is 10.1. The Hall–Kier alpha value is -2.35. The molecule has 2 fully saturated rings. The molecule has 0 bridgehead atoms. The fraction of sp³-hybridized carbons (Fsp3) is 0.600. The maximum atomic E-state index is 13.0. The lowest BCUT2D eigenvalue weighted by molar-refractivity contribution is -0.119. The topological polar surface area (TPSA) is 67.9 Å². The molecule has 2 saturated heterocycles. The van der Waals surface area contributed by atoms with Crippen molar-refractivity contribution < 1.29 is 14.0 Å². The molecule has 1 aromatic carbocycles. The van der Waals surface area contributed by atoms with E-state index in [2.05, 4.69) is 20.4 Å². The van der Waals surface area contributed by atoms with E-state index in [1.165, 1.54) is 19.1 Å². The summed E-state index contributed by atoms with van der Waals surface area (Å²) in [4.78, 5) is 30.0. The molecule has 3 rings (SSSR count). The number of benzene rings is 1. The number of amides is 3. The molecule has 2 heterocycles. The molecule has 1 aromatic rings. The van der Waals surface area contributed by atoms with Gasteiger partial charge in [0.25, 0.3) is 0 Å². The number of nitrogens with zero attached hydrogens (tertiary/aromatic N) is 3. The molecule has 2 aliphatic heterocycles. The zero-order chi connectivity index (χ0) is 19.9. The molecule has 2 N–H and O–H groups in total. The Labute approximate surface area is 165 Å². The van der Waals surface area contributed by atoms with E-state index in [1.54, 1.807) is 4.90 Å². The highest BCUT2D eigenvalue weighted by Gasteiger charge is 2.24. The fourth-order valence-corrected chi connectivity index (χ4v) is 3.88. The predicted molar refractivity (Wildman–Crippen MR) is 107 cm³/mol. The van der Waals surface area contributed by atoms with Crippen molar-refractivity contribution in [2.45, 2.75) is 25.8 Å². The SMILES string of the molecule is CC(=O)NC1CCCN(C(=O)NCCN2CCN(c3ccc(F)cc3)CC2)C1. The van der Waals surface area contributed by atoms with Gasteiger partial charge in [-0.1, -0.05) is 0 Å². The third-order valence-electron chi connectivity index (χ3n) is 5.38. The summed E-state index contributed by atoms with van der Waals surface area (Å²) in [7, 11) is 0. The lowest BCUT2D eigenvalue weighted by Gasteiger charge is -2.36. The number of carbonyl (C=O) groups excluding carboxylic acids is 2. The number of carbonyl (C=O) groups is 2. The molecule has 3 amide bonds. The number of rotatable bonds is 5. The van der Waals surface area contributed by atoms with Gasteiger partial charge in [0.1, 0.15) is 5.82 Å². The minimum Gasteiger partial charge on any atom is -0.369 e. The Kier molecular flexibility index (Phi) is 7.08. The van der Waals surface area contributed by atoms with E-state index in [-0.39, 0.29) is 23.8 Å². The summed E-state index contributed by atoms with van der Waals surface area (Å²) in [5.41, 5.74) is 1.05. The van der Waals surface area contributed by atoms with Crippen LogP contribution in [0.15, 0.2) is 24.3 Å². The van der Waals surface area contributed by atoms with E-state index in [0.29, 0.717) is 13.1 Å². The number of anilines is 1. The van der Waals surface area contributed by atoms with Crippen LogP contribution in [0.3, 0.4) is 0 Å². The first-order valence-electron chi connectivity index (χ1n) is 10.0. The van der Waals surface area contributed by atoms with Gasteiger partial charge < -0.3 is 20.4 Å².